The van der Waals surface area contributed by atoms with E-state index in [1.165, 1.54) is 44.2 Å². The molecule has 0 bridgehead atoms. The predicted molar refractivity (Wildman–Crippen MR) is 90.6 cm³/mol. The van der Waals surface area contributed by atoms with Crippen LogP contribution < -0.4 is 14.2 Å². The third kappa shape index (κ3) is 3.54. The maximum Gasteiger partial charge on any atom is 0.343 e. The molecule has 1 heterocycles. The molecule has 0 spiro atoms. The van der Waals surface area contributed by atoms with Crippen molar-refractivity contribution in [1.82, 2.24) is 0 Å². The van der Waals surface area contributed by atoms with Crippen LogP contribution in [-0.4, -0.2) is 34.9 Å². The van der Waals surface area contributed by atoms with Crippen molar-refractivity contribution in [2.45, 2.75) is 26.1 Å². The van der Waals surface area contributed by atoms with Crippen LogP contribution in [-0.2, 0) is 0 Å². The number of fused-ring (bicyclic) bond motifs is 1. The van der Waals surface area contributed by atoms with Crippen LogP contribution in [0, 0.1) is 0 Å². The Hall–Kier alpha value is -2.90. The van der Waals surface area contributed by atoms with Gasteiger partial charge < -0.3 is 24.4 Å². The van der Waals surface area contributed by atoms with Gasteiger partial charge in [-0.05, 0) is 49.7 Å². The van der Waals surface area contributed by atoms with Gasteiger partial charge in [-0.2, -0.15) is 0 Å². The van der Waals surface area contributed by atoms with Gasteiger partial charge in [0.2, 0.25) is 6.79 Å². The molecule has 2 aromatic rings. The Kier molecular flexibility index (Phi) is 4.92. The zero-order valence-electron chi connectivity index (χ0n) is 14.3. The van der Waals surface area contributed by atoms with Gasteiger partial charge in [-0.1, -0.05) is 6.07 Å². The Labute approximate surface area is 149 Å². The summed E-state index contributed by atoms with van der Waals surface area (Å²) in [6, 6.07) is 8.96. The highest BCUT2D eigenvalue weighted by molar-refractivity contribution is 5.99. The van der Waals surface area contributed by atoms with E-state index >= 15 is 0 Å². The number of esters is 1. The summed E-state index contributed by atoms with van der Waals surface area (Å²) in [4.78, 5) is 24.3. The lowest BCUT2D eigenvalue weighted by molar-refractivity contribution is 0.0304. The summed E-state index contributed by atoms with van der Waals surface area (Å²) in [6.07, 6.45) is -2.15. The van der Waals surface area contributed by atoms with Gasteiger partial charge in [-0.3, -0.25) is 4.79 Å². The molecule has 2 N–H and O–H groups in total. The number of hydrogen-bond donors (Lipinski definition) is 2. The van der Waals surface area contributed by atoms with Gasteiger partial charge in [0.05, 0.1) is 17.2 Å². The molecule has 0 saturated carbocycles. The van der Waals surface area contributed by atoms with E-state index in [0.717, 1.165) is 0 Å². The molecule has 7 nitrogen and oxygen atoms in total. The number of Topliss-reactive ketones (excluding diaryl/α,β-unsaturated/α-hetero) is 1. The van der Waals surface area contributed by atoms with Gasteiger partial charge in [-0.25, -0.2) is 4.79 Å². The lowest BCUT2D eigenvalue weighted by Crippen LogP contribution is -2.15. The third-order valence-electron chi connectivity index (χ3n) is 3.99. The van der Waals surface area contributed by atoms with Crippen molar-refractivity contribution in [2.24, 2.45) is 0 Å². The number of carbonyl (C=O) groups is 2. The van der Waals surface area contributed by atoms with E-state index in [-0.39, 0.29) is 29.5 Å². The van der Waals surface area contributed by atoms with Crippen molar-refractivity contribution in [3.63, 3.8) is 0 Å². The van der Waals surface area contributed by atoms with Crippen LogP contribution >= 0.6 is 0 Å². The van der Waals surface area contributed by atoms with Gasteiger partial charge in [0, 0.05) is 0 Å². The molecule has 0 saturated heterocycles. The Balaban J connectivity index is 1.86. The van der Waals surface area contributed by atoms with E-state index in [1.54, 1.807) is 6.07 Å². The lowest BCUT2D eigenvalue weighted by atomic mass is 10.0. The van der Waals surface area contributed by atoms with Crippen molar-refractivity contribution >= 4 is 11.8 Å². The molecule has 0 aromatic heterocycles. The van der Waals surface area contributed by atoms with Gasteiger partial charge in [0.1, 0.15) is 11.9 Å². The second kappa shape index (κ2) is 7.15. The Morgan fingerprint density at radius 2 is 1.81 bits per heavy atom. The molecule has 7 heteroatoms. The van der Waals surface area contributed by atoms with Gasteiger partial charge in [0.15, 0.2) is 17.3 Å². The van der Waals surface area contributed by atoms with Crippen LogP contribution in [0.15, 0.2) is 36.4 Å². The Morgan fingerprint density at radius 1 is 1.08 bits per heavy atom. The maximum atomic E-state index is 12.4. The summed E-state index contributed by atoms with van der Waals surface area (Å²) < 4.78 is 15.8. The number of hydrogen-bond acceptors (Lipinski definition) is 7. The van der Waals surface area contributed by atoms with E-state index in [2.05, 4.69) is 0 Å². The zero-order valence-corrected chi connectivity index (χ0v) is 14.3. The molecule has 3 rings (SSSR count). The fraction of sp³-hybridized carbons (Fsp3) is 0.263. The highest BCUT2D eigenvalue weighted by Crippen LogP contribution is 2.33. The third-order valence-corrected chi connectivity index (χ3v) is 3.99. The number of benzene rings is 2. The minimum atomic E-state index is -1.15. The first-order chi connectivity index (χ1) is 12.4. The Bertz CT molecular complexity index is 857. The molecule has 1 aliphatic heterocycles. The first-order valence-electron chi connectivity index (χ1n) is 7.99. The number of aliphatic hydroxyl groups excluding tert-OH is 2. The standard InChI is InChI=1S/C19H18O7/c1-10(20)14-7-12(18(22)11(2)21)3-5-15(14)26-19(23)13-4-6-16-17(8-13)25-9-24-16/h3-8,11,18,21-22H,9H2,1-2H3. The van der Waals surface area contributed by atoms with E-state index in [1.807, 2.05) is 0 Å². The first-order valence-corrected chi connectivity index (χ1v) is 7.99. The van der Waals surface area contributed by atoms with Crippen LogP contribution in [0.1, 0.15) is 46.2 Å². The minimum absolute atomic E-state index is 0.0710. The smallest absolute Gasteiger partial charge is 0.343 e. The quantitative estimate of drug-likeness (QED) is 0.480. The average Bonchev–Trinajstić information content (AvgIpc) is 3.08. The van der Waals surface area contributed by atoms with Crippen molar-refractivity contribution < 1.29 is 34.0 Å². The molecule has 1 aliphatic rings. The monoisotopic (exact) mass is 358 g/mol. The number of carbonyl (C=O) groups excluding carboxylic acids is 2. The van der Waals surface area contributed by atoms with Crippen molar-refractivity contribution in [2.75, 3.05) is 6.79 Å². The number of ether oxygens (including phenoxy) is 3. The molecular formula is C19H18O7. The summed E-state index contributed by atoms with van der Waals surface area (Å²) in [5, 5.41) is 19.5. The van der Waals surface area contributed by atoms with Crippen molar-refractivity contribution in [3.05, 3.63) is 53.1 Å². The molecular weight excluding hydrogens is 340 g/mol. The van der Waals surface area contributed by atoms with Crippen molar-refractivity contribution in [3.8, 4) is 17.2 Å². The molecule has 0 amide bonds. The van der Waals surface area contributed by atoms with Crippen LogP contribution in [0.3, 0.4) is 0 Å². The van der Waals surface area contributed by atoms with Gasteiger partial charge in [0.25, 0.3) is 0 Å². The fourth-order valence-corrected chi connectivity index (χ4v) is 2.56. The van der Waals surface area contributed by atoms with Crippen LogP contribution in [0.4, 0.5) is 0 Å². The molecule has 2 unspecified atom stereocenters. The molecule has 136 valence electrons. The second-order valence-corrected chi connectivity index (χ2v) is 5.95. The molecule has 26 heavy (non-hydrogen) atoms. The van der Waals surface area contributed by atoms with Crippen LogP contribution in [0.5, 0.6) is 17.2 Å². The van der Waals surface area contributed by atoms with E-state index in [9.17, 15) is 19.8 Å². The number of ketones is 1. The highest BCUT2D eigenvalue weighted by Gasteiger charge is 2.21. The summed E-state index contributed by atoms with van der Waals surface area (Å²) >= 11 is 0. The normalized spacial score (nSPS) is 14.6. The summed E-state index contributed by atoms with van der Waals surface area (Å²) in [6.45, 7) is 2.85. The molecule has 0 radical (unpaired) electrons. The fourth-order valence-electron chi connectivity index (χ4n) is 2.56. The van der Waals surface area contributed by atoms with Crippen LogP contribution in [0.2, 0.25) is 0 Å². The minimum Gasteiger partial charge on any atom is -0.454 e. The number of rotatable bonds is 5. The largest absolute Gasteiger partial charge is 0.454 e. The predicted octanol–water partition coefficient (Wildman–Crippen LogP) is 2.25. The zero-order chi connectivity index (χ0) is 18.8. The molecule has 0 aliphatic carbocycles. The van der Waals surface area contributed by atoms with Gasteiger partial charge in [-0.15, -0.1) is 0 Å². The van der Waals surface area contributed by atoms with E-state index in [4.69, 9.17) is 14.2 Å². The summed E-state index contributed by atoms with van der Waals surface area (Å²) in [5.74, 6) is 0.0681. The van der Waals surface area contributed by atoms with Crippen molar-refractivity contribution in [1.29, 1.82) is 0 Å². The molecule has 0 fully saturated rings. The summed E-state index contributed by atoms with van der Waals surface area (Å²) in [7, 11) is 0. The Morgan fingerprint density at radius 3 is 2.50 bits per heavy atom. The second-order valence-electron chi connectivity index (χ2n) is 5.95. The topological polar surface area (TPSA) is 102 Å². The SMILES string of the molecule is CC(=O)c1cc(C(O)C(C)O)ccc1OC(=O)c1ccc2c(c1)OCO2. The highest BCUT2D eigenvalue weighted by atomic mass is 16.7. The maximum absolute atomic E-state index is 12.4. The average molecular weight is 358 g/mol. The summed E-state index contributed by atoms with van der Waals surface area (Å²) in [5.41, 5.74) is 0.737. The molecule has 2 aromatic carbocycles. The first kappa shape index (κ1) is 17.9. The number of aliphatic hydroxyl groups is 2. The van der Waals surface area contributed by atoms with E-state index in [0.29, 0.717) is 17.1 Å². The van der Waals surface area contributed by atoms with Gasteiger partial charge >= 0.3 is 5.97 Å². The lowest BCUT2D eigenvalue weighted by Gasteiger charge is -2.16. The molecule has 2 atom stereocenters. The van der Waals surface area contributed by atoms with Crippen LogP contribution in [0.25, 0.3) is 0 Å². The van der Waals surface area contributed by atoms with E-state index < -0.39 is 18.2 Å².